The van der Waals surface area contributed by atoms with Crippen molar-refractivity contribution < 1.29 is 24.2 Å². The van der Waals surface area contributed by atoms with Crippen LogP contribution in [0.5, 0.6) is 6.01 Å². The summed E-state index contributed by atoms with van der Waals surface area (Å²) in [6.45, 7) is 6.22. The molecular formula is C29H29N3O5. The fourth-order valence-electron chi connectivity index (χ4n) is 3.79. The molecule has 3 aromatic carbocycles. The molecule has 4 aromatic rings. The van der Waals surface area contributed by atoms with Crippen LogP contribution in [-0.2, 0) is 16.1 Å². The fraction of sp³-hybridized carbons (Fsp3) is 0.241. The van der Waals surface area contributed by atoms with Crippen LogP contribution in [0.2, 0.25) is 0 Å². The lowest BCUT2D eigenvalue weighted by Gasteiger charge is -2.12. The lowest BCUT2D eigenvalue weighted by Crippen LogP contribution is -2.10. The Hall–Kier alpha value is -4.64. The molecular weight excluding hydrogens is 470 g/mol. The first-order chi connectivity index (χ1) is 17.9. The van der Waals surface area contributed by atoms with E-state index in [1.165, 1.54) is 0 Å². The smallest absolute Gasteiger partial charge is 0.340 e. The summed E-state index contributed by atoms with van der Waals surface area (Å²) in [7, 11) is 0. The summed E-state index contributed by atoms with van der Waals surface area (Å²) >= 11 is 0. The minimum absolute atomic E-state index is 0.300. The summed E-state index contributed by atoms with van der Waals surface area (Å²) in [5.74, 6) is -1.21. The number of carboxylic acids is 1. The van der Waals surface area contributed by atoms with Gasteiger partial charge in [0.2, 0.25) is 0 Å². The molecule has 190 valence electrons. The standard InChI is InChI=1S/C27H25N3O3.C2H4O2/c1-3-16-33-27-29-24-11-7-10-23(26(31)32-4-2)25(24)30(27)18-19-12-14-20(15-13-19)22-9-6-5-8-21(22)17-28;1-2(3)4/h5-15H,3-4,16,18H2,1-2H3;1H3,(H,3,4). The van der Waals surface area contributed by atoms with Crippen LogP contribution < -0.4 is 4.74 Å². The van der Waals surface area contributed by atoms with Gasteiger partial charge in [-0.05, 0) is 48.2 Å². The summed E-state index contributed by atoms with van der Waals surface area (Å²) in [5.41, 5.74) is 5.38. The van der Waals surface area contributed by atoms with Gasteiger partial charge in [0.25, 0.3) is 12.0 Å². The Kier molecular flexibility index (Phi) is 9.39. The number of imidazole rings is 1. The first-order valence-electron chi connectivity index (χ1n) is 12.0. The van der Waals surface area contributed by atoms with Gasteiger partial charge in [-0.25, -0.2) is 4.79 Å². The topological polar surface area (TPSA) is 114 Å². The van der Waals surface area contributed by atoms with Crippen LogP contribution in [0.1, 0.15) is 48.7 Å². The highest BCUT2D eigenvalue weighted by molar-refractivity contribution is 6.02. The predicted molar refractivity (Wildman–Crippen MR) is 140 cm³/mol. The third kappa shape index (κ3) is 6.73. The molecule has 0 aliphatic rings. The molecule has 0 aliphatic carbocycles. The number of nitrogens with zero attached hydrogens (tertiary/aromatic N) is 3. The van der Waals surface area contributed by atoms with Crippen LogP contribution in [-0.4, -0.2) is 39.8 Å². The molecule has 0 aliphatic heterocycles. The average Bonchev–Trinajstić information content (AvgIpc) is 3.24. The number of hydrogen-bond donors (Lipinski definition) is 1. The molecule has 0 bridgehead atoms. The molecule has 8 heteroatoms. The molecule has 1 heterocycles. The number of aliphatic carboxylic acids is 1. The maximum absolute atomic E-state index is 12.6. The summed E-state index contributed by atoms with van der Waals surface area (Å²) in [6.07, 6.45) is 0.848. The molecule has 0 unspecified atom stereocenters. The van der Waals surface area contributed by atoms with Crippen LogP contribution in [0.25, 0.3) is 22.2 Å². The van der Waals surface area contributed by atoms with E-state index in [0.29, 0.717) is 47.9 Å². The Morgan fingerprint density at radius 2 is 1.73 bits per heavy atom. The molecule has 1 aromatic heterocycles. The van der Waals surface area contributed by atoms with Gasteiger partial charge in [0.05, 0.1) is 48.0 Å². The second-order valence-electron chi connectivity index (χ2n) is 8.10. The van der Waals surface area contributed by atoms with E-state index in [-0.39, 0.29) is 5.97 Å². The minimum atomic E-state index is -0.833. The second-order valence-corrected chi connectivity index (χ2v) is 8.10. The molecule has 8 nitrogen and oxygen atoms in total. The highest BCUT2D eigenvalue weighted by Gasteiger charge is 2.20. The number of fused-ring (bicyclic) bond motifs is 1. The molecule has 1 N–H and O–H groups in total. The zero-order valence-electron chi connectivity index (χ0n) is 21.1. The van der Waals surface area contributed by atoms with E-state index in [4.69, 9.17) is 19.4 Å². The Balaban J connectivity index is 0.000000886. The molecule has 0 radical (unpaired) electrons. The number of ether oxygens (including phenoxy) is 2. The monoisotopic (exact) mass is 499 g/mol. The van der Waals surface area contributed by atoms with Gasteiger partial charge in [-0.3, -0.25) is 9.36 Å². The van der Waals surface area contributed by atoms with Crippen LogP contribution >= 0.6 is 0 Å². The Morgan fingerprint density at radius 3 is 2.38 bits per heavy atom. The average molecular weight is 500 g/mol. The van der Waals surface area contributed by atoms with E-state index in [9.17, 15) is 10.1 Å². The van der Waals surface area contributed by atoms with Crippen molar-refractivity contribution in [2.24, 2.45) is 0 Å². The lowest BCUT2D eigenvalue weighted by molar-refractivity contribution is -0.134. The number of hydrogen-bond acceptors (Lipinski definition) is 6. The summed E-state index contributed by atoms with van der Waals surface area (Å²) in [4.78, 5) is 26.3. The highest BCUT2D eigenvalue weighted by Crippen LogP contribution is 2.28. The summed E-state index contributed by atoms with van der Waals surface area (Å²) < 4.78 is 13.1. The lowest BCUT2D eigenvalue weighted by atomic mass is 9.99. The van der Waals surface area contributed by atoms with Gasteiger partial charge >= 0.3 is 5.97 Å². The van der Waals surface area contributed by atoms with Crippen LogP contribution in [0.4, 0.5) is 0 Å². The van der Waals surface area contributed by atoms with E-state index in [0.717, 1.165) is 30.0 Å². The van der Waals surface area contributed by atoms with Gasteiger partial charge in [0, 0.05) is 6.92 Å². The van der Waals surface area contributed by atoms with Crippen LogP contribution in [0.3, 0.4) is 0 Å². The van der Waals surface area contributed by atoms with E-state index < -0.39 is 5.97 Å². The minimum Gasteiger partial charge on any atom is -0.481 e. The molecule has 4 rings (SSSR count). The van der Waals surface area contributed by atoms with Crippen molar-refractivity contribution in [2.45, 2.75) is 33.7 Å². The number of carbonyl (C=O) groups excluding carboxylic acids is 1. The Morgan fingerprint density at radius 1 is 1.03 bits per heavy atom. The van der Waals surface area contributed by atoms with Gasteiger partial charge in [0.1, 0.15) is 0 Å². The number of rotatable bonds is 8. The van der Waals surface area contributed by atoms with Crippen LogP contribution in [0.15, 0.2) is 66.7 Å². The summed E-state index contributed by atoms with van der Waals surface area (Å²) in [6, 6.07) is 23.7. The number of aromatic nitrogens is 2. The number of nitriles is 1. The van der Waals surface area contributed by atoms with Crippen LogP contribution in [0, 0.1) is 11.3 Å². The first kappa shape index (κ1) is 27.0. The van der Waals surface area contributed by atoms with Crippen molar-refractivity contribution in [1.29, 1.82) is 5.26 Å². The fourth-order valence-corrected chi connectivity index (χ4v) is 3.79. The van der Waals surface area contributed by atoms with E-state index in [2.05, 4.69) is 11.1 Å². The van der Waals surface area contributed by atoms with Crippen molar-refractivity contribution in [3.63, 3.8) is 0 Å². The molecule has 37 heavy (non-hydrogen) atoms. The number of carboxylic acid groups (broad SMARTS) is 1. The Bertz CT molecular complexity index is 1410. The predicted octanol–water partition coefficient (Wildman–Crippen LogP) is 5.68. The quantitative estimate of drug-likeness (QED) is 0.310. The molecule has 0 amide bonds. The van der Waals surface area contributed by atoms with Gasteiger partial charge in [-0.15, -0.1) is 0 Å². The maximum atomic E-state index is 12.6. The highest BCUT2D eigenvalue weighted by atomic mass is 16.5. The molecule has 0 saturated heterocycles. The normalized spacial score (nSPS) is 10.2. The van der Waals surface area contributed by atoms with E-state index in [1.54, 1.807) is 19.1 Å². The van der Waals surface area contributed by atoms with E-state index in [1.807, 2.05) is 66.1 Å². The number of benzene rings is 3. The third-order valence-electron chi connectivity index (χ3n) is 5.32. The van der Waals surface area contributed by atoms with E-state index >= 15 is 0 Å². The summed E-state index contributed by atoms with van der Waals surface area (Å²) in [5, 5.41) is 16.8. The first-order valence-corrected chi connectivity index (χ1v) is 12.0. The van der Waals surface area contributed by atoms with Crippen molar-refractivity contribution in [1.82, 2.24) is 9.55 Å². The largest absolute Gasteiger partial charge is 0.481 e. The zero-order valence-corrected chi connectivity index (χ0v) is 21.1. The molecule has 0 saturated carbocycles. The zero-order chi connectivity index (χ0) is 26.8. The third-order valence-corrected chi connectivity index (χ3v) is 5.32. The van der Waals surface area contributed by atoms with Gasteiger partial charge in [-0.2, -0.15) is 10.2 Å². The Labute approximate surface area is 215 Å². The molecule has 0 fully saturated rings. The van der Waals surface area contributed by atoms with Gasteiger partial charge < -0.3 is 14.6 Å². The SMILES string of the molecule is CC(=O)O.CCCOc1nc2cccc(C(=O)OCC)c2n1Cc1ccc(-c2ccccc2C#N)cc1. The van der Waals surface area contributed by atoms with Crippen molar-refractivity contribution in [2.75, 3.05) is 13.2 Å². The maximum Gasteiger partial charge on any atom is 0.340 e. The number of esters is 1. The van der Waals surface area contributed by atoms with Crippen molar-refractivity contribution in [3.05, 3.63) is 83.4 Å². The van der Waals surface area contributed by atoms with Crippen molar-refractivity contribution >= 4 is 23.0 Å². The van der Waals surface area contributed by atoms with Gasteiger partial charge in [0.15, 0.2) is 0 Å². The second kappa shape index (κ2) is 12.9. The van der Waals surface area contributed by atoms with Gasteiger partial charge in [-0.1, -0.05) is 55.5 Å². The molecule has 0 spiro atoms. The number of para-hydroxylation sites is 1. The van der Waals surface area contributed by atoms with Crippen molar-refractivity contribution in [3.8, 4) is 23.2 Å². The molecule has 0 atom stereocenters. The number of carbonyl (C=O) groups is 2.